The molecular weight excluding hydrogens is 1270 g/mol. The molecule has 0 N–H and O–H groups in total. The molecule has 0 amide bonds. The number of ether oxygens (including phenoxy) is 2. The summed E-state index contributed by atoms with van der Waals surface area (Å²) in [7, 11) is 4.53. The summed E-state index contributed by atoms with van der Waals surface area (Å²) in [5.74, 6) is 0. The van der Waals surface area contributed by atoms with Crippen LogP contribution in [-0.4, -0.2) is 82.6 Å². The van der Waals surface area contributed by atoms with Gasteiger partial charge < -0.3 is 218 Å². The van der Waals surface area contributed by atoms with Crippen LogP contribution >= 0.6 is 0 Å². The smallest absolute Gasteiger partial charge is 0.0836 e. The zero-order valence-corrected chi connectivity index (χ0v) is 39.9. The number of nitrogens with zero attached hydrogens (tertiary/aromatic N) is 2. The average molecular weight is 1310 g/mol. The van der Waals surface area contributed by atoms with Crippen LogP contribution in [0.2, 0.25) is 0 Å². The van der Waals surface area contributed by atoms with Crippen molar-refractivity contribution in [1.82, 2.24) is 4.90 Å². The maximum atomic E-state index is 4.73. The van der Waals surface area contributed by atoms with Gasteiger partial charge in [-0.25, -0.2) is 0 Å². The van der Waals surface area contributed by atoms with Crippen LogP contribution in [0.1, 0.15) is 27.2 Å². The van der Waals surface area contributed by atoms with Gasteiger partial charge in [-0.1, -0.05) is 27.5 Å². The second-order valence-electron chi connectivity index (χ2n) is 7.00. The van der Waals surface area contributed by atoms with Gasteiger partial charge in [-0.3, -0.25) is 4.90 Å². The molecular formula is C21H43Br12N2O2-11. The molecule has 0 aliphatic carbocycles. The van der Waals surface area contributed by atoms with Crippen LogP contribution in [0, 0.1) is 0 Å². The van der Waals surface area contributed by atoms with E-state index in [1.165, 1.54) is 48.1 Å². The first-order valence-corrected chi connectivity index (χ1v) is 8.96. The number of halogens is 12. The van der Waals surface area contributed by atoms with Gasteiger partial charge in [0.1, 0.15) is 0 Å². The molecule has 4 aliphatic heterocycles. The topological polar surface area (TPSA) is 21.7 Å². The SMILES string of the molecule is C.C1COC1.C=C.C=C1CN(CC)C1.C=C1COC1.C[N+]1(C)CCC1.[Br-].[Br-].[Br-].[Br-].[Br-].[Br-].[Br-].[Br-].[Br-].[Br-].[Br-].[Br-]. The average Bonchev–Trinajstić information content (AvgIpc) is 2.42. The number of hydrogen-bond acceptors (Lipinski definition) is 3. The highest BCUT2D eigenvalue weighted by Gasteiger charge is 2.23. The summed E-state index contributed by atoms with van der Waals surface area (Å²) in [5.41, 5.74) is 2.59. The third-order valence-electron chi connectivity index (χ3n) is 4.06. The lowest BCUT2D eigenvalue weighted by Crippen LogP contribution is -3.00. The molecule has 4 rings (SSSR count). The zero-order valence-electron chi connectivity index (χ0n) is 20.9. The van der Waals surface area contributed by atoms with Gasteiger partial charge in [0.25, 0.3) is 0 Å². The quantitative estimate of drug-likeness (QED) is 0.193. The second kappa shape index (κ2) is 60.1. The first kappa shape index (κ1) is 90.0. The van der Waals surface area contributed by atoms with Crippen LogP contribution in [0.15, 0.2) is 37.5 Å². The van der Waals surface area contributed by atoms with Crippen molar-refractivity contribution in [2.75, 3.05) is 73.2 Å². The monoisotopic (exact) mass is 1300 g/mol. The highest BCUT2D eigenvalue weighted by molar-refractivity contribution is 5.09. The van der Waals surface area contributed by atoms with E-state index in [0.29, 0.717) is 0 Å². The van der Waals surface area contributed by atoms with Crippen LogP contribution in [0.5, 0.6) is 0 Å². The Balaban J connectivity index is -0.0000000140. The molecule has 37 heavy (non-hydrogen) atoms. The summed E-state index contributed by atoms with van der Waals surface area (Å²) in [6.45, 7) is 25.4. The lowest BCUT2D eigenvalue weighted by molar-refractivity contribution is -0.927. The molecule has 4 aliphatic rings. The summed E-state index contributed by atoms with van der Waals surface area (Å²) in [4.78, 5) is 2.35. The Labute approximate surface area is 355 Å². The standard InChI is InChI=1S/C6H11N.C5H12N.C4H6O.C3H6O.C2H4.CH4.12BrH/c1-3-7-4-6(2)5-7;1-6(2)4-3-5-6;1-4-2-5-3-4;1-2-4-3-1;1-2;;;;;;;;;;;;;/h2-5H2,1H3;3-5H2,1-2H3;1-3H2;1-3H2;1-2H2;1H4;12*1H/q;+1;;;;;;;;;;;;;;;;/p-12. The van der Waals surface area contributed by atoms with Gasteiger partial charge in [-0.15, -0.1) is 13.2 Å². The number of likely N-dealkylation sites (N-methyl/N-ethyl adjacent to an activating group) is 1. The van der Waals surface area contributed by atoms with Crippen molar-refractivity contribution in [1.29, 1.82) is 0 Å². The Morgan fingerprint density at radius 2 is 0.892 bits per heavy atom. The van der Waals surface area contributed by atoms with Gasteiger partial charge in [0.15, 0.2) is 0 Å². The molecule has 0 aromatic rings. The second-order valence-corrected chi connectivity index (χ2v) is 7.00. The molecule has 244 valence electrons. The van der Waals surface area contributed by atoms with Crippen LogP contribution in [0.25, 0.3) is 0 Å². The van der Waals surface area contributed by atoms with Crippen molar-refractivity contribution in [3.63, 3.8) is 0 Å². The van der Waals surface area contributed by atoms with Crippen LogP contribution < -0.4 is 204 Å². The van der Waals surface area contributed by atoms with E-state index in [-0.39, 0.29) is 211 Å². The number of hydrogen-bond donors (Lipinski definition) is 0. The van der Waals surface area contributed by atoms with E-state index in [2.05, 4.69) is 52.2 Å². The molecule has 0 aromatic carbocycles. The minimum Gasteiger partial charge on any atom is -1.00 e. The molecule has 4 nitrogen and oxygen atoms in total. The van der Waals surface area contributed by atoms with Gasteiger partial charge in [0.05, 0.1) is 40.4 Å². The Hall–Kier alpha value is 4.82. The maximum Gasteiger partial charge on any atom is 0.0836 e. The van der Waals surface area contributed by atoms with Crippen molar-refractivity contribution in [3.8, 4) is 0 Å². The number of likely N-dealkylation sites (tertiary alicyclic amines) is 2. The van der Waals surface area contributed by atoms with Crippen molar-refractivity contribution >= 4 is 0 Å². The largest absolute Gasteiger partial charge is 1.00 e. The normalized spacial score (nSPS) is 14.6. The molecule has 0 spiro atoms. The fourth-order valence-electron chi connectivity index (χ4n) is 1.99. The molecule has 0 radical (unpaired) electrons. The summed E-state index contributed by atoms with van der Waals surface area (Å²) in [6.07, 6.45) is 2.72. The van der Waals surface area contributed by atoms with Crippen molar-refractivity contribution in [2.24, 2.45) is 0 Å². The van der Waals surface area contributed by atoms with E-state index in [1.807, 2.05) is 0 Å². The van der Waals surface area contributed by atoms with Gasteiger partial charge >= 0.3 is 0 Å². The Morgan fingerprint density at radius 3 is 0.919 bits per heavy atom. The van der Waals surface area contributed by atoms with Gasteiger partial charge in [0.2, 0.25) is 0 Å². The molecule has 4 fully saturated rings. The summed E-state index contributed by atoms with van der Waals surface area (Å²) < 4.78 is 10.7. The first-order valence-electron chi connectivity index (χ1n) is 8.96. The minimum absolute atomic E-state index is 0. The van der Waals surface area contributed by atoms with Crippen LogP contribution in [0.3, 0.4) is 0 Å². The first-order chi connectivity index (χ1) is 11.4. The Kier molecular flexibility index (Phi) is 146. The molecule has 4 saturated heterocycles. The lowest BCUT2D eigenvalue weighted by Gasteiger charge is -2.37. The van der Waals surface area contributed by atoms with E-state index in [9.17, 15) is 0 Å². The van der Waals surface area contributed by atoms with E-state index >= 15 is 0 Å². The Morgan fingerprint density at radius 1 is 0.649 bits per heavy atom. The van der Waals surface area contributed by atoms with Crippen LogP contribution in [0.4, 0.5) is 0 Å². The van der Waals surface area contributed by atoms with Crippen molar-refractivity contribution in [3.05, 3.63) is 37.5 Å². The van der Waals surface area contributed by atoms with E-state index in [4.69, 9.17) is 9.47 Å². The summed E-state index contributed by atoms with van der Waals surface area (Å²) in [6, 6.07) is 0. The molecule has 0 saturated carbocycles. The summed E-state index contributed by atoms with van der Waals surface area (Å²) >= 11 is 0. The van der Waals surface area contributed by atoms with Crippen LogP contribution in [-0.2, 0) is 9.47 Å². The highest BCUT2D eigenvalue weighted by Crippen LogP contribution is 2.10. The minimum atomic E-state index is 0. The molecule has 0 aromatic heterocycles. The predicted molar refractivity (Wildman–Crippen MR) is 111 cm³/mol. The van der Waals surface area contributed by atoms with E-state index in [0.717, 1.165) is 39.5 Å². The predicted octanol–water partition coefficient (Wildman–Crippen LogP) is -32.2. The fourth-order valence-corrected chi connectivity index (χ4v) is 1.99. The molecule has 0 unspecified atom stereocenters. The molecule has 0 atom stereocenters. The third kappa shape index (κ3) is 57.1. The fraction of sp³-hybridized carbons (Fsp3) is 0.714. The number of quaternary nitrogens is 1. The van der Waals surface area contributed by atoms with Gasteiger partial charge in [0, 0.05) is 32.7 Å². The zero-order chi connectivity index (χ0) is 18.4. The van der Waals surface area contributed by atoms with Gasteiger partial charge in [-0.05, 0) is 24.1 Å². The molecule has 16 heteroatoms. The van der Waals surface area contributed by atoms with E-state index < -0.39 is 0 Å². The highest BCUT2D eigenvalue weighted by atomic mass is 79.9. The summed E-state index contributed by atoms with van der Waals surface area (Å²) in [5, 5.41) is 0. The van der Waals surface area contributed by atoms with Gasteiger partial charge in [-0.2, -0.15) is 0 Å². The van der Waals surface area contributed by atoms with E-state index in [1.54, 1.807) is 0 Å². The number of rotatable bonds is 1. The molecule has 0 bridgehead atoms. The lowest BCUT2D eigenvalue weighted by atomic mass is 10.1. The Bertz CT molecular complexity index is 373. The van der Waals surface area contributed by atoms with Crippen molar-refractivity contribution in [2.45, 2.75) is 27.2 Å². The van der Waals surface area contributed by atoms with Crippen molar-refractivity contribution < 1.29 is 218 Å². The third-order valence-corrected chi connectivity index (χ3v) is 4.06. The maximum absolute atomic E-state index is 4.73. The molecule has 4 heterocycles.